The second-order valence-electron chi connectivity index (χ2n) is 8.47. The van der Waals surface area contributed by atoms with Crippen molar-refractivity contribution in [3.05, 3.63) is 36.7 Å². The average molecular weight is 503 g/mol. The Kier molecular flexibility index (Phi) is 6.44. The van der Waals surface area contributed by atoms with E-state index < -0.39 is 18.0 Å². The molecule has 1 aliphatic heterocycles. The van der Waals surface area contributed by atoms with Crippen molar-refractivity contribution in [2.24, 2.45) is 0 Å². The predicted molar refractivity (Wildman–Crippen MR) is 125 cm³/mol. The number of H-pyrrole nitrogens is 1. The number of ether oxygens (including phenoxy) is 3. The Labute approximate surface area is 203 Å². The van der Waals surface area contributed by atoms with E-state index in [1.54, 1.807) is 19.4 Å². The van der Waals surface area contributed by atoms with Gasteiger partial charge in [0.15, 0.2) is 17.3 Å². The third-order valence-corrected chi connectivity index (χ3v) is 6.06. The predicted octanol–water partition coefficient (Wildman–Crippen LogP) is 4.24. The third-order valence-electron chi connectivity index (χ3n) is 6.06. The number of aromatic amines is 1. The molecule has 0 aliphatic carbocycles. The topological polar surface area (TPSA) is 94.5 Å². The standard InChI is InChI=1S/C24H24F3N5O4/c1-34-18-13-15-17(14-19(18)35-12-4-10-31-8-2-3-9-31)29-16-5-7-28-22(21(15)16)32-11-6-20(30-32)36-23(33)24(25,26)27/h5-7,11,13-14,29H,2-4,8-10,12H2,1H3. The number of nitrogens with one attached hydrogen (secondary N) is 1. The molecule has 12 heteroatoms. The van der Waals surface area contributed by atoms with Gasteiger partial charge in [0.05, 0.1) is 30.1 Å². The van der Waals surface area contributed by atoms with Crippen molar-refractivity contribution < 1.29 is 32.2 Å². The third kappa shape index (κ3) is 4.81. The van der Waals surface area contributed by atoms with E-state index in [4.69, 9.17) is 9.47 Å². The number of fused-ring (bicyclic) bond motifs is 3. The summed E-state index contributed by atoms with van der Waals surface area (Å²) in [6, 6.07) is 6.61. The second kappa shape index (κ2) is 9.69. The highest BCUT2D eigenvalue weighted by molar-refractivity contribution is 6.11. The number of pyridine rings is 1. The Balaban J connectivity index is 1.42. The molecule has 1 N–H and O–H groups in total. The van der Waals surface area contributed by atoms with E-state index in [9.17, 15) is 18.0 Å². The monoisotopic (exact) mass is 503 g/mol. The minimum absolute atomic E-state index is 0.342. The van der Waals surface area contributed by atoms with E-state index in [0.29, 0.717) is 29.3 Å². The van der Waals surface area contributed by atoms with Gasteiger partial charge in [0.2, 0.25) is 5.88 Å². The molecule has 4 aromatic rings. The van der Waals surface area contributed by atoms with Crippen LogP contribution in [0.1, 0.15) is 19.3 Å². The number of nitrogens with zero attached hydrogens (tertiary/aromatic N) is 4. The molecule has 1 fully saturated rings. The summed E-state index contributed by atoms with van der Waals surface area (Å²) < 4.78 is 54.8. The fraction of sp³-hybridized carbons (Fsp3) is 0.375. The summed E-state index contributed by atoms with van der Waals surface area (Å²) >= 11 is 0. The van der Waals surface area contributed by atoms with Gasteiger partial charge in [-0.25, -0.2) is 14.5 Å². The maximum absolute atomic E-state index is 12.5. The van der Waals surface area contributed by atoms with Crippen LogP contribution in [0.25, 0.3) is 27.6 Å². The molecule has 3 aromatic heterocycles. The zero-order chi connectivity index (χ0) is 25.3. The fourth-order valence-electron chi connectivity index (χ4n) is 4.39. The molecule has 0 spiro atoms. The molecule has 9 nitrogen and oxygen atoms in total. The number of halogens is 3. The first-order valence-electron chi connectivity index (χ1n) is 11.5. The highest BCUT2D eigenvalue weighted by atomic mass is 19.4. The summed E-state index contributed by atoms with van der Waals surface area (Å²) in [6.45, 7) is 3.83. The number of carbonyl (C=O) groups is 1. The fourth-order valence-corrected chi connectivity index (χ4v) is 4.39. The zero-order valence-corrected chi connectivity index (χ0v) is 19.5. The van der Waals surface area contributed by atoms with Gasteiger partial charge < -0.3 is 24.1 Å². The molecule has 1 aliphatic rings. The maximum atomic E-state index is 12.5. The van der Waals surface area contributed by atoms with Crippen molar-refractivity contribution in [3.63, 3.8) is 0 Å². The van der Waals surface area contributed by atoms with Gasteiger partial charge in [0, 0.05) is 36.5 Å². The van der Waals surface area contributed by atoms with Gasteiger partial charge in [0.25, 0.3) is 0 Å². The number of esters is 1. The molecular formula is C24H24F3N5O4. The first kappa shape index (κ1) is 23.9. The van der Waals surface area contributed by atoms with Gasteiger partial charge in [-0.1, -0.05) is 0 Å². The highest BCUT2D eigenvalue weighted by Gasteiger charge is 2.41. The molecule has 190 valence electrons. The van der Waals surface area contributed by atoms with Crippen LogP contribution in [0.15, 0.2) is 36.7 Å². The molecule has 0 unspecified atom stereocenters. The van der Waals surface area contributed by atoms with Crippen LogP contribution >= 0.6 is 0 Å². The van der Waals surface area contributed by atoms with Gasteiger partial charge in [-0.2, -0.15) is 13.2 Å². The molecule has 36 heavy (non-hydrogen) atoms. The van der Waals surface area contributed by atoms with Crippen molar-refractivity contribution in [1.29, 1.82) is 0 Å². The van der Waals surface area contributed by atoms with Gasteiger partial charge >= 0.3 is 12.1 Å². The molecule has 0 bridgehead atoms. The number of alkyl halides is 3. The Morgan fingerprint density at radius 3 is 2.69 bits per heavy atom. The van der Waals surface area contributed by atoms with E-state index in [2.05, 4.69) is 24.7 Å². The number of benzene rings is 1. The van der Waals surface area contributed by atoms with Crippen LogP contribution in [0.2, 0.25) is 0 Å². The normalized spacial score (nSPS) is 14.6. The van der Waals surface area contributed by atoms with E-state index in [1.807, 2.05) is 12.1 Å². The van der Waals surface area contributed by atoms with Crippen molar-refractivity contribution in [3.8, 4) is 23.2 Å². The minimum Gasteiger partial charge on any atom is -0.493 e. The Morgan fingerprint density at radius 2 is 1.94 bits per heavy atom. The first-order valence-corrected chi connectivity index (χ1v) is 11.5. The molecule has 0 saturated carbocycles. The van der Waals surface area contributed by atoms with Crippen molar-refractivity contribution in [2.75, 3.05) is 33.4 Å². The Bertz CT molecular complexity index is 1390. The lowest BCUT2D eigenvalue weighted by Gasteiger charge is -2.15. The summed E-state index contributed by atoms with van der Waals surface area (Å²) in [5.41, 5.74) is 1.50. The first-order chi connectivity index (χ1) is 17.3. The molecule has 1 aromatic carbocycles. The number of carbonyl (C=O) groups excluding carboxylic acids is 1. The van der Waals surface area contributed by atoms with Crippen molar-refractivity contribution in [2.45, 2.75) is 25.4 Å². The van der Waals surface area contributed by atoms with E-state index in [0.717, 1.165) is 48.5 Å². The molecular weight excluding hydrogens is 479 g/mol. The van der Waals surface area contributed by atoms with Gasteiger partial charge in [0.1, 0.15) is 0 Å². The summed E-state index contributed by atoms with van der Waals surface area (Å²) in [5, 5.41) is 5.38. The number of hydrogen-bond donors (Lipinski definition) is 1. The second-order valence-corrected chi connectivity index (χ2v) is 8.47. The number of likely N-dealkylation sites (tertiary alicyclic amines) is 1. The molecule has 0 radical (unpaired) electrons. The lowest BCUT2D eigenvalue weighted by molar-refractivity contribution is -0.190. The summed E-state index contributed by atoms with van der Waals surface area (Å²) in [6.07, 6.45) is 1.20. The lowest BCUT2D eigenvalue weighted by Crippen LogP contribution is -2.28. The SMILES string of the molecule is COc1cc2c(cc1OCCCN1CCCC1)[nH]c1ccnc(-n3ccc(OC(=O)C(F)(F)F)n3)c12. The van der Waals surface area contributed by atoms with Crippen LogP contribution in [0.4, 0.5) is 13.2 Å². The largest absolute Gasteiger partial charge is 0.493 e. The zero-order valence-electron chi connectivity index (χ0n) is 19.5. The van der Waals surface area contributed by atoms with E-state index >= 15 is 0 Å². The summed E-state index contributed by atoms with van der Waals surface area (Å²) in [7, 11) is 1.56. The minimum atomic E-state index is -5.12. The lowest BCUT2D eigenvalue weighted by atomic mass is 10.1. The van der Waals surface area contributed by atoms with Gasteiger partial charge in [-0.15, -0.1) is 5.10 Å². The van der Waals surface area contributed by atoms with Crippen LogP contribution in [0.5, 0.6) is 17.4 Å². The number of aromatic nitrogens is 4. The van der Waals surface area contributed by atoms with Crippen LogP contribution < -0.4 is 14.2 Å². The molecule has 0 amide bonds. The van der Waals surface area contributed by atoms with Crippen molar-refractivity contribution >= 4 is 27.8 Å². The highest BCUT2D eigenvalue weighted by Crippen LogP contribution is 2.37. The Morgan fingerprint density at radius 1 is 1.14 bits per heavy atom. The number of rotatable bonds is 8. The molecule has 1 saturated heterocycles. The van der Waals surface area contributed by atoms with Gasteiger partial charge in [-0.05, 0) is 44.5 Å². The van der Waals surface area contributed by atoms with E-state index in [1.165, 1.54) is 23.7 Å². The van der Waals surface area contributed by atoms with Crippen LogP contribution in [0.3, 0.4) is 0 Å². The molecule has 4 heterocycles. The van der Waals surface area contributed by atoms with Crippen LogP contribution in [-0.4, -0.2) is 70.1 Å². The summed E-state index contributed by atoms with van der Waals surface area (Å²) in [5.74, 6) is -1.34. The van der Waals surface area contributed by atoms with E-state index in [-0.39, 0.29) is 0 Å². The van der Waals surface area contributed by atoms with Crippen LogP contribution in [0, 0.1) is 0 Å². The molecule has 0 atom stereocenters. The average Bonchev–Trinajstić information content (AvgIpc) is 3.60. The Hall–Kier alpha value is -3.80. The van der Waals surface area contributed by atoms with Gasteiger partial charge in [-0.3, -0.25) is 0 Å². The molecule has 5 rings (SSSR count). The van der Waals surface area contributed by atoms with Crippen molar-refractivity contribution in [1.82, 2.24) is 24.6 Å². The number of methoxy groups -OCH3 is 1. The number of hydrogen-bond acceptors (Lipinski definition) is 7. The maximum Gasteiger partial charge on any atom is 0.491 e. The quantitative estimate of drug-likeness (QED) is 0.284. The summed E-state index contributed by atoms with van der Waals surface area (Å²) in [4.78, 5) is 21.2. The van der Waals surface area contributed by atoms with Crippen LogP contribution in [-0.2, 0) is 4.79 Å². The smallest absolute Gasteiger partial charge is 0.491 e.